The van der Waals surface area contributed by atoms with Crippen molar-refractivity contribution < 1.29 is 9.53 Å². The molecule has 1 aliphatic heterocycles. The highest BCUT2D eigenvalue weighted by molar-refractivity contribution is 6.36. The molecular formula is C17H24ClN3O2. The molecule has 23 heavy (non-hydrogen) atoms. The van der Waals surface area contributed by atoms with Gasteiger partial charge in [0.05, 0.1) is 17.3 Å². The predicted molar refractivity (Wildman–Crippen MR) is 93.8 cm³/mol. The van der Waals surface area contributed by atoms with Gasteiger partial charge in [-0.15, -0.1) is 5.10 Å². The average Bonchev–Trinajstić information content (AvgIpc) is 2.57. The molecule has 0 radical (unpaired) electrons. The van der Waals surface area contributed by atoms with Crippen LogP contribution < -0.4 is 5.43 Å². The van der Waals surface area contributed by atoms with Gasteiger partial charge in [-0.2, -0.15) is 0 Å². The van der Waals surface area contributed by atoms with Gasteiger partial charge in [-0.05, 0) is 44.7 Å². The summed E-state index contributed by atoms with van der Waals surface area (Å²) in [5.74, 6) is -0.0641. The molecule has 1 aromatic carbocycles. The molecule has 1 aliphatic rings. The van der Waals surface area contributed by atoms with Crippen LogP contribution in [-0.4, -0.2) is 35.9 Å². The molecule has 2 rings (SSSR count). The number of rotatable bonds is 4. The third-order valence-corrected chi connectivity index (χ3v) is 4.31. The standard InChI is InChI=1S/C17H24ClN3O2/c1-3-13-9-7-8-12-21(13)16(17(22)23-4-2)20-19-15-11-6-5-10-14(15)18/h5-6,10-11,13,19H,3-4,7-9,12H2,1-2H3/b20-16-. The zero-order valence-electron chi connectivity index (χ0n) is 13.7. The van der Waals surface area contributed by atoms with Crippen LogP contribution in [0, 0.1) is 0 Å². The molecule has 1 atom stereocenters. The number of hydrogen-bond acceptors (Lipinski definition) is 4. The Morgan fingerprint density at radius 1 is 1.39 bits per heavy atom. The van der Waals surface area contributed by atoms with Crippen molar-refractivity contribution >= 4 is 29.1 Å². The molecule has 0 aromatic heterocycles. The highest BCUT2D eigenvalue weighted by atomic mass is 35.5. The van der Waals surface area contributed by atoms with Gasteiger partial charge >= 0.3 is 5.97 Å². The Bertz CT molecular complexity index is 563. The summed E-state index contributed by atoms with van der Waals surface area (Å²) in [5.41, 5.74) is 3.58. The Hall–Kier alpha value is -1.75. The van der Waals surface area contributed by atoms with Gasteiger partial charge in [0, 0.05) is 12.6 Å². The first kappa shape index (κ1) is 17.6. The number of likely N-dealkylation sites (tertiary alicyclic amines) is 1. The fourth-order valence-corrected chi connectivity index (χ4v) is 2.97. The van der Waals surface area contributed by atoms with Gasteiger partial charge in [0.1, 0.15) is 0 Å². The summed E-state index contributed by atoms with van der Waals surface area (Å²) in [6.07, 6.45) is 4.29. The molecule has 1 heterocycles. The molecule has 0 saturated carbocycles. The first-order valence-electron chi connectivity index (χ1n) is 8.19. The SMILES string of the molecule is CCOC(=O)/C(=N/Nc1ccccc1Cl)N1CCCCC1CC. The lowest BCUT2D eigenvalue weighted by molar-refractivity contribution is -0.136. The normalized spacial score (nSPS) is 18.7. The predicted octanol–water partition coefficient (Wildman–Crippen LogP) is 3.89. The first-order valence-corrected chi connectivity index (χ1v) is 8.57. The summed E-state index contributed by atoms with van der Waals surface area (Å²) in [7, 11) is 0. The number of nitrogens with one attached hydrogen (secondary N) is 1. The van der Waals surface area contributed by atoms with Crippen LogP contribution in [0.1, 0.15) is 39.5 Å². The molecule has 5 nitrogen and oxygen atoms in total. The van der Waals surface area contributed by atoms with Crippen molar-refractivity contribution in [1.29, 1.82) is 0 Å². The minimum atomic E-state index is -0.396. The largest absolute Gasteiger partial charge is 0.460 e. The smallest absolute Gasteiger partial charge is 0.376 e. The third-order valence-electron chi connectivity index (χ3n) is 3.98. The van der Waals surface area contributed by atoms with Crippen molar-refractivity contribution in [3.8, 4) is 0 Å². The fourth-order valence-electron chi connectivity index (χ4n) is 2.79. The number of esters is 1. The van der Waals surface area contributed by atoms with Crippen LogP contribution in [-0.2, 0) is 9.53 Å². The number of carbonyl (C=O) groups is 1. The number of benzene rings is 1. The summed E-state index contributed by atoms with van der Waals surface area (Å²) in [6, 6.07) is 7.63. The number of piperidine rings is 1. The molecule has 6 heteroatoms. The van der Waals surface area contributed by atoms with Crippen LogP contribution in [0.3, 0.4) is 0 Å². The second-order valence-electron chi connectivity index (χ2n) is 5.50. The molecule has 0 spiro atoms. The van der Waals surface area contributed by atoms with E-state index >= 15 is 0 Å². The molecule has 0 aliphatic carbocycles. The summed E-state index contributed by atoms with van der Waals surface area (Å²) < 4.78 is 5.18. The minimum Gasteiger partial charge on any atom is -0.460 e. The summed E-state index contributed by atoms with van der Waals surface area (Å²) in [6.45, 7) is 5.08. The van der Waals surface area contributed by atoms with Gasteiger partial charge in [-0.1, -0.05) is 30.7 Å². The van der Waals surface area contributed by atoms with E-state index in [1.807, 2.05) is 18.2 Å². The highest BCUT2D eigenvalue weighted by Crippen LogP contribution is 2.23. The summed E-state index contributed by atoms with van der Waals surface area (Å²) >= 11 is 6.13. The second kappa shape index (κ2) is 8.77. The Balaban J connectivity index is 2.24. The Kier molecular flexibility index (Phi) is 6.71. The van der Waals surface area contributed by atoms with Crippen LogP contribution in [0.2, 0.25) is 5.02 Å². The number of hydrazone groups is 1. The van der Waals surface area contributed by atoms with E-state index in [0.717, 1.165) is 25.8 Å². The van der Waals surface area contributed by atoms with Gasteiger partial charge in [0.2, 0.25) is 5.84 Å². The number of para-hydroxylation sites is 1. The number of carbonyl (C=O) groups excluding carboxylic acids is 1. The molecule has 0 bridgehead atoms. The van der Waals surface area contributed by atoms with E-state index in [9.17, 15) is 4.79 Å². The highest BCUT2D eigenvalue weighted by Gasteiger charge is 2.29. The van der Waals surface area contributed by atoms with Crippen LogP contribution in [0.4, 0.5) is 5.69 Å². The molecule has 126 valence electrons. The maximum absolute atomic E-state index is 12.3. The van der Waals surface area contributed by atoms with Crippen LogP contribution in [0.15, 0.2) is 29.4 Å². The van der Waals surface area contributed by atoms with Crippen LogP contribution >= 0.6 is 11.6 Å². The Morgan fingerprint density at radius 2 is 2.17 bits per heavy atom. The fraction of sp³-hybridized carbons (Fsp3) is 0.529. The van der Waals surface area contributed by atoms with Crippen molar-refractivity contribution in [3.63, 3.8) is 0 Å². The lowest BCUT2D eigenvalue weighted by Crippen LogP contribution is -2.47. The van der Waals surface area contributed by atoms with Crippen molar-refractivity contribution in [3.05, 3.63) is 29.3 Å². The van der Waals surface area contributed by atoms with E-state index < -0.39 is 5.97 Å². The lowest BCUT2D eigenvalue weighted by Gasteiger charge is -2.36. The monoisotopic (exact) mass is 337 g/mol. The Labute approximate surface area is 142 Å². The van der Waals surface area contributed by atoms with Gasteiger partial charge < -0.3 is 9.64 Å². The molecule has 1 unspecified atom stereocenters. The van der Waals surface area contributed by atoms with Gasteiger partial charge in [0.25, 0.3) is 0 Å². The number of ether oxygens (including phenoxy) is 1. The van der Waals surface area contributed by atoms with Crippen molar-refractivity contribution in [2.45, 2.75) is 45.6 Å². The number of anilines is 1. The Morgan fingerprint density at radius 3 is 2.87 bits per heavy atom. The number of nitrogens with zero attached hydrogens (tertiary/aromatic N) is 2. The molecule has 1 saturated heterocycles. The van der Waals surface area contributed by atoms with Crippen LogP contribution in [0.5, 0.6) is 0 Å². The maximum atomic E-state index is 12.3. The number of hydrogen-bond donors (Lipinski definition) is 1. The molecule has 1 aromatic rings. The average molecular weight is 338 g/mol. The zero-order chi connectivity index (χ0) is 16.7. The quantitative estimate of drug-likeness (QED) is 0.392. The lowest BCUT2D eigenvalue weighted by atomic mass is 10.00. The first-order chi connectivity index (χ1) is 11.2. The number of halogens is 1. The van der Waals surface area contributed by atoms with Crippen molar-refractivity contribution in [2.75, 3.05) is 18.6 Å². The third kappa shape index (κ3) is 4.61. The van der Waals surface area contributed by atoms with E-state index in [-0.39, 0.29) is 0 Å². The van der Waals surface area contributed by atoms with E-state index in [1.165, 1.54) is 6.42 Å². The maximum Gasteiger partial charge on any atom is 0.376 e. The van der Waals surface area contributed by atoms with Crippen LogP contribution in [0.25, 0.3) is 0 Å². The summed E-state index contributed by atoms with van der Waals surface area (Å²) in [5, 5.41) is 4.89. The minimum absolute atomic E-state index is 0.319. The van der Waals surface area contributed by atoms with Crippen molar-refractivity contribution in [1.82, 2.24) is 4.90 Å². The van der Waals surface area contributed by atoms with Gasteiger partial charge in [-0.25, -0.2) is 4.79 Å². The van der Waals surface area contributed by atoms with Crippen molar-refractivity contribution in [2.24, 2.45) is 5.10 Å². The summed E-state index contributed by atoms with van der Waals surface area (Å²) in [4.78, 5) is 14.4. The topological polar surface area (TPSA) is 53.9 Å². The molecular weight excluding hydrogens is 314 g/mol. The van der Waals surface area contributed by atoms with Gasteiger partial charge in [0.15, 0.2) is 0 Å². The van der Waals surface area contributed by atoms with E-state index in [2.05, 4.69) is 22.4 Å². The molecule has 0 amide bonds. The van der Waals surface area contributed by atoms with E-state index in [1.54, 1.807) is 13.0 Å². The number of amidine groups is 1. The van der Waals surface area contributed by atoms with E-state index in [0.29, 0.717) is 29.2 Å². The van der Waals surface area contributed by atoms with E-state index in [4.69, 9.17) is 16.3 Å². The second-order valence-corrected chi connectivity index (χ2v) is 5.91. The zero-order valence-corrected chi connectivity index (χ0v) is 14.5. The van der Waals surface area contributed by atoms with Gasteiger partial charge in [-0.3, -0.25) is 5.43 Å². The molecule has 1 fully saturated rings. The molecule has 1 N–H and O–H groups in total.